The van der Waals surface area contributed by atoms with E-state index in [1.54, 1.807) is 7.05 Å². The van der Waals surface area contributed by atoms with Crippen molar-refractivity contribution < 1.29 is 24.0 Å². The van der Waals surface area contributed by atoms with Gasteiger partial charge in [-0.15, -0.1) is 0 Å². The monoisotopic (exact) mass is 398 g/mol. The summed E-state index contributed by atoms with van der Waals surface area (Å²) in [6.45, 7) is 0.757. The zero-order valence-corrected chi connectivity index (χ0v) is 16.5. The Hall–Kier alpha value is -2.25. The van der Waals surface area contributed by atoms with Crippen molar-refractivity contribution >= 4 is 17.8 Å². The lowest BCUT2D eigenvalue weighted by molar-refractivity contribution is -0.181. The third-order valence-electron chi connectivity index (χ3n) is 7.23. The average molecular weight is 398 g/mol. The van der Waals surface area contributed by atoms with Gasteiger partial charge in [-0.2, -0.15) is 5.06 Å². The van der Waals surface area contributed by atoms with E-state index < -0.39 is 0 Å². The SMILES string of the molecule is CN1C(=O)[C@@H]2[C@@H]3CC[C@H]4[C@@H]3[C@@H](C[C@@H]2C1=O)ON4CCC(=O)OCc1ccccc1. The molecular formula is C22H26N2O5. The number of amides is 2. The van der Waals surface area contributed by atoms with Crippen molar-refractivity contribution in [3.63, 3.8) is 0 Å². The van der Waals surface area contributed by atoms with Crippen LogP contribution in [0.2, 0.25) is 0 Å². The van der Waals surface area contributed by atoms with Gasteiger partial charge in [-0.25, -0.2) is 0 Å². The molecule has 0 unspecified atom stereocenters. The number of ether oxygens (including phenoxy) is 1. The molecule has 2 amide bonds. The highest BCUT2D eigenvalue weighted by molar-refractivity contribution is 6.05. The van der Waals surface area contributed by atoms with E-state index in [1.807, 2.05) is 35.4 Å². The number of rotatable bonds is 5. The minimum Gasteiger partial charge on any atom is -0.461 e. The van der Waals surface area contributed by atoms with Crippen molar-refractivity contribution in [2.75, 3.05) is 13.6 Å². The van der Waals surface area contributed by atoms with E-state index in [9.17, 15) is 14.4 Å². The number of carbonyl (C=O) groups excluding carboxylic acids is 3. The molecule has 6 atom stereocenters. The van der Waals surface area contributed by atoms with E-state index in [2.05, 4.69) is 0 Å². The molecule has 1 aromatic rings. The number of hydroxylamine groups is 2. The number of carbonyl (C=O) groups is 3. The molecule has 0 spiro atoms. The number of likely N-dealkylation sites (tertiary alicyclic amines) is 1. The van der Waals surface area contributed by atoms with Gasteiger partial charge in [-0.05, 0) is 30.7 Å². The van der Waals surface area contributed by atoms with Crippen LogP contribution < -0.4 is 0 Å². The summed E-state index contributed by atoms with van der Waals surface area (Å²) >= 11 is 0. The summed E-state index contributed by atoms with van der Waals surface area (Å²) in [5, 5.41) is 1.93. The number of nitrogens with zero attached hydrogens (tertiary/aromatic N) is 2. The van der Waals surface area contributed by atoms with Gasteiger partial charge in [0.1, 0.15) is 6.61 Å². The van der Waals surface area contributed by atoms with Crippen molar-refractivity contribution in [1.29, 1.82) is 0 Å². The first-order chi connectivity index (χ1) is 14.0. The molecule has 7 heteroatoms. The van der Waals surface area contributed by atoms with Gasteiger partial charge < -0.3 is 4.74 Å². The van der Waals surface area contributed by atoms with Crippen LogP contribution in [-0.2, 0) is 30.6 Å². The summed E-state index contributed by atoms with van der Waals surface area (Å²) in [4.78, 5) is 44.7. The molecule has 2 aliphatic carbocycles. The summed E-state index contributed by atoms with van der Waals surface area (Å²) in [6, 6.07) is 9.84. The molecule has 2 heterocycles. The van der Waals surface area contributed by atoms with Gasteiger partial charge in [-0.1, -0.05) is 30.3 Å². The number of imide groups is 1. The molecule has 29 heavy (non-hydrogen) atoms. The molecule has 7 nitrogen and oxygen atoms in total. The second kappa shape index (κ2) is 7.22. The van der Waals surface area contributed by atoms with Crippen LogP contribution in [0.5, 0.6) is 0 Å². The van der Waals surface area contributed by atoms with Crippen LogP contribution in [0.15, 0.2) is 30.3 Å². The van der Waals surface area contributed by atoms with Gasteiger partial charge in [0.25, 0.3) is 0 Å². The Bertz CT molecular complexity index is 828. The Morgan fingerprint density at radius 2 is 1.97 bits per heavy atom. The van der Waals surface area contributed by atoms with Crippen molar-refractivity contribution in [2.45, 2.75) is 44.4 Å². The number of hydrogen-bond acceptors (Lipinski definition) is 6. The standard InChI is InChI=1S/C22H26N2O5/c1-23-21(26)15-11-17-20-14(19(15)22(23)27)7-8-16(20)24(29-17)10-9-18(25)28-12-13-5-3-2-4-6-13/h2-6,14-17,19-20H,7-12H2,1H3/t14-,15-,16-,17+,19+,20+/m0/s1. The molecule has 2 aliphatic heterocycles. The third-order valence-corrected chi connectivity index (χ3v) is 7.23. The first kappa shape index (κ1) is 18.8. The van der Waals surface area contributed by atoms with Gasteiger partial charge in [0.2, 0.25) is 11.8 Å². The van der Waals surface area contributed by atoms with Crippen molar-refractivity contribution in [1.82, 2.24) is 9.96 Å². The van der Waals surface area contributed by atoms with Crippen molar-refractivity contribution in [3.05, 3.63) is 35.9 Å². The Morgan fingerprint density at radius 3 is 2.76 bits per heavy atom. The molecule has 5 rings (SSSR count). The fourth-order valence-electron chi connectivity index (χ4n) is 5.95. The zero-order valence-electron chi connectivity index (χ0n) is 16.5. The highest BCUT2D eigenvalue weighted by Crippen LogP contribution is 2.56. The fraction of sp³-hybridized carbons (Fsp3) is 0.591. The highest BCUT2D eigenvalue weighted by atomic mass is 16.7. The van der Waals surface area contributed by atoms with Gasteiger partial charge in [0, 0.05) is 25.6 Å². The predicted molar refractivity (Wildman–Crippen MR) is 102 cm³/mol. The van der Waals surface area contributed by atoms with E-state index in [0.29, 0.717) is 13.0 Å². The second-order valence-corrected chi connectivity index (χ2v) is 8.67. The van der Waals surface area contributed by atoms with Crippen LogP contribution in [0.1, 0.15) is 31.2 Å². The predicted octanol–water partition coefficient (Wildman–Crippen LogP) is 1.77. The summed E-state index contributed by atoms with van der Waals surface area (Å²) in [6.07, 6.45) is 2.72. The summed E-state index contributed by atoms with van der Waals surface area (Å²) in [5.41, 5.74) is 0.966. The molecule has 154 valence electrons. The van der Waals surface area contributed by atoms with Gasteiger partial charge >= 0.3 is 5.97 Å². The maximum atomic E-state index is 12.6. The number of benzene rings is 1. The third kappa shape index (κ3) is 3.07. The topological polar surface area (TPSA) is 76.2 Å². The molecule has 0 radical (unpaired) electrons. The molecule has 0 N–H and O–H groups in total. The molecule has 2 saturated carbocycles. The van der Waals surface area contributed by atoms with E-state index in [-0.39, 0.29) is 66.6 Å². The van der Waals surface area contributed by atoms with Crippen LogP contribution in [0.3, 0.4) is 0 Å². The van der Waals surface area contributed by atoms with E-state index >= 15 is 0 Å². The van der Waals surface area contributed by atoms with Gasteiger partial charge in [0.05, 0.1) is 24.4 Å². The van der Waals surface area contributed by atoms with E-state index in [0.717, 1.165) is 18.4 Å². The van der Waals surface area contributed by atoms with E-state index in [1.165, 1.54) is 4.90 Å². The molecule has 0 aromatic heterocycles. The van der Waals surface area contributed by atoms with Crippen molar-refractivity contribution in [2.24, 2.45) is 23.7 Å². The minimum atomic E-state index is -0.245. The number of esters is 1. The van der Waals surface area contributed by atoms with E-state index in [4.69, 9.17) is 9.57 Å². The number of hydrogen-bond donors (Lipinski definition) is 0. The minimum absolute atomic E-state index is 0.0213. The first-order valence-corrected chi connectivity index (χ1v) is 10.5. The molecule has 1 aromatic carbocycles. The Kier molecular flexibility index (Phi) is 4.67. The molecular weight excluding hydrogens is 372 g/mol. The zero-order chi connectivity index (χ0) is 20.1. The fourth-order valence-corrected chi connectivity index (χ4v) is 5.95. The average Bonchev–Trinajstić information content (AvgIpc) is 3.39. The maximum absolute atomic E-state index is 12.6. The van der Waals surface area contributed by atoms with Crippen LogP contribution >= 0.6 is 0 Å². The van der Waals surface area contributed by atoms with Crippen LogP contribution in [0, 0.1) is 23.7 Å². The quantitative estimate of drug-likeness (QED) is 0.556. The van der Waals surface area contributed by atoms with Crippen molar-refractivity contribution in [3.8, 4) is 0 Å². The maximum Gasteiger partial charge on any atom is 0.307 e. The van der Waals surface area contributed by atoms with Gasteiger partial charge in [0.15, 0.2) is 0 Å². The summed E-state index contributed by atoms with van der Waals surface area (Å²) in [5.74, 6) is -0.266. The smallest absolute Gasteiger partial charge is 0.307 e. The van der Waals surface area contributed by atoms with Crippen LogP contribution in [0.4, 0.5) is 0 Å². The Balaban J connectivity index is 1.19. The largest absolute Gasteiger partial charge is 0.461 e. The Morgan fingerprint density at radius 1 is 1.17 bits per heavy atom. The molecule has 4 aliphatic rings. The molecule has 0 bridgehead atoms. The van der Waals surface area contributed by atoms with Crippen LogP contribution in [0.25, 0.3) is 0 Å². The summed E-state index contributed by atoms with van der Waals surface area (Å²) < 4.78 is 5.37. The summed E-state index contributed by atoms with van der Waals surface area (Å²) in [7, 11) is 1.60. The molecule has 4 fully saturated rings. The lowest BCUT2D eigenvalue weighted by Gasteiger charge is -2.35. The normalized spacial score (nSPS) is 35.7. The highest BCUT2D eigenvalue weighted by Gasteiger charge is 2.63. The lowest BCUT2D eigenvalue weighted by Crippen LogP contribution is -2.42. The Labute approximate surface area is 169 Å². The second-order valence-electron chi connectivity index (χ2n) is 8.67. The molecule has 2 saturated heterocycles. The van der Waals surface area contributed by atoms with Gasteiger partial charge in [-0.3, -0.25) is 24.1 Å². The van der Waals surface area contributed by atoms with Crippen LogP contribution in [-0.4, -0.2) is 53.5 Å². The first-order valence-electron chi connectivity index (χ1n) is 10.5. The number of fused-ring (bicyclic) bond motifs is 2. The lowest BCUT2D eigenvalue weighted by atomic mass is 9.67.